The zero-order chi connectivity index (χ0) is 15.9. The Labute approximate surface area is 132 Å². The Balaban J connectivity index is 1.72. The summed E-state index contributed by atoms with van der Waals surface area (Å²) in [7, 11) is 1.87. The normalized spacial score (nSPS) is 10.6. The van der Waals surface area contributed by atoms with Gasteiger partial charge in [-0.1, -0.05) is 0 Å². The average Bonchev–Trinajstić information content (AvgIpc) is 3.08. The van der Waals surface area contributed by atoms with Crippen LogP contribution in [-0.2, 0) is 11.2 Å². The Hall–Kier alpha value is -2.44. The van der Waals surface area contributed by atoms with Crippen LogP contribution in [0.3, 0.4) is 0 Å². The lowest BCUT2D eigenvalue weighted by molar-refractivity contribution is -0.117. The van der Waals surface area contributed by atoms with Gasteiger partial charge in [0.05, 0.1) is 12.2 Å². The van der Waals surface area contributed by atoms with E-state index in [9.17, 15) is 4.79 Å². The molecule has 116 valence electrons. The molecule has 2 aromatic rings. The van der Waals surface area contributed by atoms with Gasteiger partial charge in [0.25, 0.3) is 0 Å². The molecule has 2 aromatic heterocycles. The van der Waals surface area contributed by atoms with E-state index in [1.54, 1.807) is 6.20 Å². The second-order valence-electron chi connectivity index (χ2n) is 4.80. The average molecular weight is 319 g/mol. The first kappa shape index (κ1) is 15.9. The Morgan fingerprint density at radius 2 is 2.45 bits per heavy atom. The lowest BCUT2D eigenvalue weighted by Gasteiger charge is -2.15. The maximum Gasteiger partial charge on any atom is 0.240 e. The van der Waals surface area contributed by atoms with Crippen molar-refractivity contribution in [1.82, 2.24) is 20.1 Å². The van der Waals surface area contributed by atoms with Gasteiger partial charge in [-0.25, -0.2) is 4.98 Å². The number of nitrogens with two attached hydrogens (primary N) is 1. The molecule has 2 rings (SSSR count). The van der Waals surface area contributed by atoms with Gasteiger partial charge in [-0.15, -0.1) is 11.3 Å². The van der Waals surface area contributed by atoms with E-state index in [0.29, 0.717) is 17.1 Å². The lowest BCUT2D eigenvalue weighted by atomic mass is 10.1. The summed E-state index contributed by atoms with van der Waals surface area (Å²) in [4.78, 5) is 17.7. The van der Waals surface area contributed by atoms with Gasteiger partial charge in [0, 0.05) is 11.6 Å². The van der Waals surface area contributed by atoms with Gasteiger partial charge >= 0.3 is 0 Å². The summed E-state index contributed by atoms with van der Waals surface area (Å²) in [6.07, 6.45) is 3.09. The van der Waals surface area contributed by atoms with Crippen molar-refractivity contribution in [3.8, 4) is 6.07 Å². The fourth-order valence-electron chi connectivity index (χ4n) is 1.99. The van der Waals surface area contributed by atoms with Crippen molar-refractivity contribution in [1.29, 1.82) is 5.26 Å². The van der Waals surface area contributed by atoms with E-state index in [-0.39, 0.29) is 18.3 Å². The number of thiazole rings is 1. The molecular formula is C13H17N7OS. The molecule has 0 aliphatic rings. The highest BCUT2D eigenvalue weighted by molar-refractivity contribution is 7.13. The molecule has 2 heterocycles. The van der Waals surface area contributed by atoms with Gasteiger partial charge in [0.15, 0.2) is 10.9 Å². The summed E-state index contributed by atoms with van der Waals surface area (Å²) in [5, 5.41) is 20.7. The smallest absolute Gasteiger partial charge is 0.240 e. The van der Waals surface area contributed by atoms with Crippen LogP contribution in [0, 0.1) is 11.3 Å². The standard InChI is InChI=1S/C13H17N7OS/c1-20(8-11(21)17-13-16-4-6-22-13)5-2-3-10-9(7-14)12(15)19-18-10/h4,6H,2-3,5,8H2,1H3,(H3,15,18,19)(H,16,17,21). The highest BCUT2D eigenvalue weighted by Gasteiger charge is 2.11. The molecule has 8 nitrogen and oxygen atoms in total. The van der Waals surface area contributed by atoms with Crippen molar-refractivity contribution in [2.75, 3.05) is 31.2 Å². The molecule has 22 heavy (non-hydrogen) atoms. The molecule has 9 heteroatoms. The summed E-state index contributed by atoms with van der Waals surface area (Å²) >= 11 is 1.38. The van der Waals surface area contributed by atoms with Crippen LogP contribution in [0.4, 0.5) is 10.9 Å². The van der Waals surface area contributed by atoms with Crippen LogP contribution in [0.5, 0.6) is 0 Å². The molecule has 0 spiro atoms. The van der Waals surface area contributed by atoms with Crippen molar-refractivity contribution in [3.05, 3.63) is 22.8 Å². The molecule has 0 saturated carbocycles. The Morgan fingerprint density at radius 1 is 1.64 bits per heavy atom. The molecular weight excluding hydrogens is 302 g/mol. The molecule has 4 N–H and O–H groups in total. The number of nitrogens with zero attached hydrogens (tertiary/aromatic N) is 4. The highest BCUT2D eigenvalue weighted by atomic mass is 32.1. The largest absolute Gasteiger partial charge is 0.381 e. The van der Waals surface area contributed by atoms with E-state index in [4.69, 9.17) is 11.0 Å². The third-order valence-corrected chi connectivity index (χ3v) is 3.73. The number of H-pyrrole nitrogens is 1. The lowest BCUT2D eigenvalue weighted by Crippen LogP contribution is -2.31. The van der Waals surface area contributed by atoms with Crippen LogP contribution in [0.1, 0.15) is 17.7 Å². The number of nitrogen functional groups attached to an aromatic ring is 1. The van der Waals surface area contributed by atoms with Crippen molar-refractivity contribution in [3.63, 3.8) is 0 Å². The summed E-state index contributed by atoms with van der Waals surface area (Å²) in [5.74, 6) is 0.134. The monoisotopic (exact) mass is 319 g/mol. The van der Waals surface area contributed by atoms with Crippen molar-refractivity contribution >= 4 is 28.2 Å². The number of carbonyl (C=O) groups is 1. The Morgan fingerprint density at radius 3 is 3.14 bits per heavy atom. The van der Waals surface area contributed by atoms with Gasteiger partial charge in [-0.3, -0.25) is 14.8 Å². The quantitative estimate of drug-likeness (QED) is 0.694. The van der Waals surface area contributed by atoms with Crippen LogP contribution in [0.25, 0.3) is 0 Å². The van der Waals surface area contributed by atoms with Gasteiger partial charge < -0.3 is 11.1 Å². The van der Waals surface area contributed by atoms with Crippen LogP contribution in [-0.4, -0.2) is 46.1 Å². The fraction of sp³-hybridized carbons (Fsp3) is 0.385. The minimum Gasteiger partial charge on any atom is -0.381 e. The SMILES string of the molecule is CN(CCCc1[nH]nc(N)c1C#N)CC(=O)Nc1nccs1. The molecule has 0 fully saturated rings. The number of hydrogen-bond donors (Lipinski definition) is 3. The zero-order valence-electron chi connectivity index (χ0n) is 12.2. The number of nitriles is 1. The number of anilines is 2. The first-order valence-electron chi connectivity index (χ1n) is 6.71. The zero-order valence-corrected chi connectivity index (χ0v) is 13.0. The van der Waals surface area contributed by atoms with E-state index in [0.717, 1.165) is 18.7 Å². The Bertz CT molecular complexity index is 658. The van der Waals surface area contributed by atoms with E-state index in [1.807, 2.05) is 23.4 Å². The third kappa shape index (κ3) is 4.28. The maximum atomic E-state index is 11.8. The van der Waals surface area contributed by atoms with Crippen LogP contribution in [0.2, 0.25) is 0 Å². The van der Waals surface area contributed by atoms with E-state index < -0.39 is 0 Å². The molecule has 0 aliphatic heterocycles. The number of nitrogens with one attached hydrogen (secondary N) is 2. The van der Waals surface area contributed by atoms with Gasteiger partial charge in [-0.05, 0) is 26.4 Å². The van der Waals surface area contributed by atoms with Crippen molar-refractivity contribution in [2.24, 2.45) is 0 Å². The number of rotatable bonds is 7. The number of aromatic nitrogens is 3. The number of hydrogen-bond acceptors (Lipinski definition) is 7. The molecule has 0 aromatic carbocycles. The maximum absolute atomic E-state index is 11.8. The van der Waals surface area contributed by atoms with Gasteiger partial charge in [-0.2, -0.15) is 10.4 Å². The number of aromatic amines is 1. The predicted octanol–water partition coefficient (Wildman–Crippen LogP) is 0.823. The van der Waals surface area contributed by atoms with E-state index in [1.165, 1.54) is 11.3 Å². The first-order valence-corrected chi connectivity index (χ1v) is 7.59. The summed E-state index contributed by atoms with van der Waals surface area (Å²) in [6, 6.07) is 2.04. The molecule has 0 saturated heterocycles. The third-order valence-electron chi connectivity index (χ3n) is 3.04. The fourth-order valence-corrected chi connectivity index (χ4v) is 2.54. The molecule has 1 amide bonds. The van der Waals surface area contributed by atoms with Crippen LogP contribution in [0.15, 0.2) is 11.6 Å². The van der Waals surface area contributed by atoms with Crippen molar-refractivity contribution < 1.29 is 4.79 Å². The summed E-state index contributed by atoms with van der Waals surface area (Å²) < 4.78 is 0. The van der Waals surface area contributed by atoms with E-state index in [2.05, 4.69) is 20.5 Å². The van der Waals surface area contributed by atoms with Crippen LogP contribution >= 0.6 is 11.3 Å². The van der Waals surface area contributed by atoms with Crippen LogP contribution < -0.4 is 11.1 Å². The van der Waals surface area contributed by atoms with Crippen molar-refractivity contribution in [2.45, 2.75) is 12.8 Å². The highest BCUT2D eigenvalue weighted by Crippen LogP contribution is 2.13. The van der Waals surface area contributed by atoms with Gasteiger partial charge in [0.2, 0.25) is 5.91 Å². The van der Waals surface area contributed by atoms with E-state index >= 15 is 0 Å². The second-order valence-corrected chi connectivity index (χ2v) is 5.70. The topological polar surface area (TPSA) is 124 Å². The second kappa shape index (κ2) is 7.53. The number of aryl methyl sites for hydroxylation is 1. The molecule has 0 bridgehead atoms. The van der Waals surface area contributed by atoms with Gasteiger partial charge in [0.1, 0.15) is 11.6 Å². The number of amides is 1. The minimum absolute atomic E-state index is 0.0963. The number of likely N-dealkylation sites (N-methyl/N-ethyl adjacent to an activating group) is 1. The molecule has 0 unspecified atom stereocenters. The minimum atomic E-state index is -0.0963. The summed E-state index contributed by atoms with van der Waals surface area (Å²) in [6.45, 7) is 1.00. The Kier molecular flexibility index (Phi) is 5.46. The molecule has 0 aliphatic carbocycles. The number of carbonyl (C=O) groups excluding carboxylic acids is 1. The molecule has 0 radical (unpaired) electrons. The summed E-state index contributed by atoms with van der Waals surface area (Å²) in [5.41, 5.74) is 6.72. The predicted molar refractivity (Wildman–Crippen MR) is 84.3 cm³/mol. The first-order chi connectivity index (χ1) is 10.6. The molecule has 0 atom stereocenters.